The summed E-state index contributed by atoms with van der Waals surface area (Å²) in [5, 5.41) is 17.9. The molecule has 0 aliphatic carbocycles. The molecule has 2 aliphatic rings. The number of hydrogen-bond acceptors (Lipinski definition) is 11. The molecule has 14 heteroatoms. The summed E-state index contributed by atoms with van der Waals surface area (Å²) >= 11 is 2.24. The number of carboxylic acid groups (broad SMARTS) is 1. The monoisotopic (exact) mass is 503 g/mol. The summed E-state index contributed by atoms with van der Waals surface area (Å²) in [5.74, 6) is -2.41. The highest BCUT2D eigenvalue weighted by molar-refractivity contribution is 8.00. The zero-order valence-electron chi connectivity index (χ0n) is 18.2. The third kappa shape index (κ3) is 4.72. The summed E-state index contributed by atoms with van der Waals surface area (Å²) in [6.45, 7) is 3.75. The molecule has 2 aromatic heterocycles. The van der Waals surface area contributed by atoms with E-state index in [0.717, 1.165) is 16.4 Å². The Bertz CT molecular complexity index is 1180. The largest absolute Gasteiger partial charge is 0.543 e. The van der Waals surface area contributed by atoms with Crippen LogP contribution in [-0.2, 0) is 25.8 Å². The predicted octanol–water partition coefficient (Wildman–Crippen LogP) is -1.36. The number of nitrogens with zero attached hydrogens (tertiary/aromatic N) is 5. The number of aromatic nitrogens is 3. The average Bonchev–Trinajstić information content (AvgIpc) is 3.23. The molecule has 2 atom stereocenters. The second kappa shape index (κ2) is 9.77. The first-order valence-corrected chi connectivity index (χ1v) is 12.0. The molecule has 0 spiro atoms. The minimum absolute atomic E-state index is 0.0296. The number of β-lactam (4-membered cyclic amide) rings is 1. The van der Waals surface area contributed by atoms with Crippen LogP contribution in [0.3, 0.4) is 0 Å². The van der Waals surface area contributed by atoms with Crippen LogP contribution in [0.4, 0.5) is 5.13 Å². The van der Waals surface area contributed by atoms with Crippen LogP contribution in [0.1, 0.15) is 19.7 Å². The van der Waals surface area contributed by atoms with Gasteiger partial charge in [0.05, 0.1) is 11.7 Å². The third-order valence-electron chi connectivity index (χ3n) is 4.90. The van der Waals surface area contributed by atoms with E-state index in [1.807, 2.05) is 22.8 Å². The van der Waals surface area contributed by atoms with E-state index in [1.165, 1.54) is 11.8 Å². The number of carboxylic acids is 1. The minimum Gasteiger partial charge on any atom is -0.543 e. The van der Waals surface area contributed by atoms with Gasteiger partial charge >= 0.3 is 0 Å². The normalized spacial score (nSPS) is 20.1. The highest BCUT2D eigenvalue weighted by atomic mass is 32.2. The zero-order valence-corrected chi connectivity index (χ0v) is 19.8. The first kappa shape index (κ1) is 23.6. The number of amides is 2. The zero-order chi connectivity index (χ0) is 24.4. The van der Waals surface area contributed by atoms with Crippen molar-refractivity contribution >= 4 is 51.9 Å². The van der Waals surface area contributed by atoms with Crippen LogP contribution in [0, 0.1) is 0 Å². The van der Waals surface area contributed by atoms with E-state index in [9.17, 15) is 19.5 Å². The number of nitrogens with one attached hydrogen (secondary N) is 1. The topological polar surface area (TPSA) is 167 Å². The van der Waals surface area contributed by atoms with E-state index < -0.39 is 29.2 Å². The summed E-state index contributed by atoms with van der Waals surface area (Å²) in [5.41, 5.74) is 5.77. The van der Waals surface area contributed by atoms with Crippen molar-refractivity contribution in [1.29, 1.82) is 0 Å². The van der Waals surface area contributed by atoms with E-state index in [4.69, 9.17) is 10.6 Å². The number of hydrogen-bond donors (Lipinski definition) is 2. The van der Waals surface area contributed by atoms with Crippen molar-refractivity contribution in [3.8, 4) is 0 Å². The number of nitrogens with two attached hydrogens (primary N) is 1. The van der Waals surface area contributed by atoms with Gasteiger partial charge in [-0.3, -0.25) is 14.5 Å². The van der Waals surface area contributed by atoms with Gasteiger partial charge in [-0.1, -0.05) is 11.2 Å². The fourth-order valence-corrected chi connectivity index (χ4v) is 5.21. The maximum absolute atomic E-state index is 12.9. The smallest absolute Gasteiger partial charge is 0.278 e. The molecule has 2 aromatic rings. The molecule has 2 amide bonds. The number of anilines is 1. The van der Waals surface area contributed by atoms with Crippen molar-refractivity contribution in [3.63, 3.8) is 0 Å². The van der Waals surface area contributed by atoms with Gasteiger partial charge in [0.25, 0.3) is 11.8 Å². The van der Waals surface area contributed by atoms with Crippen molar-refractivity contribution in [2.24, 2.45) is 5.16 Å². The van der Waals surface area contributed by atoms with Crippen LogP contribution in [0.5, 0.6) is 0 Å². The van der Waals surface area contributed by atoms with Crippen molar-refractivity contribution in [2.75, 3.05) is 11.5 Å². The van der Waals surface area contributed by atoms with Gasteiger partial charge in [0.2, 0.25) is 11.5 Å². The Balaban J connectivity index is 1.53. The van der Waals surface area contributed by atoms with Gasteiger partial charge in [0, 0.05) is 35.0 Å². The molecule has 34 heavy (non-hydrogen) atoms. The molecule has 3 N–H and O–H groups in total. The molecule has 2 aliphatic heterocycles. The lowest BCUT2D eigenvalue weighted by atomic mass is 10.0. The Morgan fingerprint density at radius 1 is 1.38 bits per heavy atom. The molecular formula is C20H21N7O5S2. The molecule has 4 heterocycles. The SMILES string of the molecule is CC(C)ON=C(C(=O)NC1C(=O)N2C(C(=O)[O-])=C(C[n+]3ccccc3)CS[C@@H]12)c1nsc(N)n1. The van der Waals surface area contributed by atoms with Gasteiger partial charge in [-0.15, -0.1) is 11.8 Å². The van der Waals surface area contributed by atoms with Gasteiger partial charge in [0.1, 0.15) is 17.5 Å². The molecule has 0 bridgehead atoms. The van der Waals surface area contributed by atoms with Gasteiger partial charge in [-0.25, -0.2) is 4.57 Å². The van der Waals surface area contributed by atoms with Crippen LogP contribution in [-0.4, -0.2) is 61.0 Å². The molecule has 178 valence electrons. The highest BCUT2D eigenvalue weighted by Crippen LogP contribution is 2.40. The van der Waals surface area contributed by atoms with Crippen LogP contribution in [0.2, 0.25) is 0 Å². The van der Waals surface area contributed by atoms with Gasteiger partial charge < -0.3 is 25.8 Å². The van der Waals surface area contributed by atoms with Crippen molar-refractivity contribution in [3.05, 3.63) is 47.7 Å². The molecular weight excluding hydrogens is 482 g/mol. The number of pyridine rings is 1. The average molecular weight is 504 g/mol. The van der Waals surface area contributed by atoms with Crippen LogP contribution < -0.4 is 20.7 Å². The Kier molecular flexibility index (Phi) is 6.79. The maximum atomic E-state index is 12.9. The van der Waals surface area contributed by atoms with E-state index >= 15 is 0 Å². The Hall–Kier alpha value is -3.52. The maximum Gasteiger partial charge on any atom is 0.278 e. The fourth-order valence-electron chi connectivity index (χ4n) is 3.44. The van der Waals surface area contributed by atoms with Crippen molar-refractivity contribution in [2.45, 2.75) is 37.9 Å². The quantitative estimate of drug-likeness (QED) is 0.191. The minimum atomic E-state index is -1.44. The fraction of sp³-hybridized carbons (Fsp3) is 0.350. The number of oxime groups is 1. The number of nitrogen functional groups attached to an aromatic ring is 1. The van der Waals surface area contributed by atoms with Gasteiger partial charge in [-0.2, -0.15) is 9.36 Å². The van der Waals surface area contributed by atoms with Gasteiger partial charge in [0.15, 0.2) is 24.1 Å². The predicted molar refractivity (Wildman–Crippen MR) is 121 cm³/mol. The highest BCUT2D eigenvalue weighted by Gasteiger charge is 2.53. The van der Waals surface area contributed by atoms with Crippen LogP contribution in [0.25, 0.3) is 0 Å². The number of carbonyl (C=O) groups excluding carboxylic acids is 3. The van der Waals surface area contributed by atoms with Gasteiger partial charge in [-0.05, 0) is 13.8 Å². The second-order valence-electron chi connectivity index (χ2n) is 7.70. The number of thioether (sulfide) groups is 1. The third-order valence-corrected chi connectivity index (χ3v) is 6.78. The summed E-state index contributed by atoms with van der Waals surface area (Å²) in [6.07, 6.45) is 3.29. The second-order valence-corrected chi connectivity index (χ2v) is 9.59. The lowest BCUT2D eigenvalue weighted by molar-refractivity contribution is -0.689. The summed E-state index contributed by atoms with van der Waals surface area (Å²) in [4.78, 5) is 48.1. The number of carbonyl (C=O) groups is 3. The molecule has 12 nitrogen and oxygen atoms in total. The molecule has 0 radical (unpaired) electrons. The molecule has 1 fully saturated rings. The molecule has 0 aromatic carbocycles. The number of rotatable bonds is 8. The summed E-state index contributed by atoms with van der Waals surface area (Å²) < 4.78 is 5.80. The van der Waals surface area contributed by atoms with Crippen molar-refractivity contribution < 1.29 is 28.9 Å². The Morgan fingerprint density at radius 3 is 2.74 bits per heavy atom. The lowest BCUT2D eigenvalue weighted by Crippen LogP contribution is -2.71. The molecule has 0 saturated carbocycles. The van der Waals surface area contributed by atoms with Crippen molar-refractivity contribution in [1.82, 2.24) is 19.6 Å². The molecule has 1 unspecified atom stereocenters. The Labute approximate surface area is 202 Å². The van der Waals surface area contributed by atoms with Crippen LogP contribution in [0.15, 0.2) is 47.0 Å². The van der Waals surface area contributed by atoms with E-state index in [2.05, 4.69) is 19.8 Å². The van der Waals surface area contributed by atoms with E-state index in [1.54, 1.807) is 26.2 Å². The first-order chi connectivity index (χ1) is 16.3. The summed E-state index contributed by atoms with van der Waals surface area (Å²) in [7, 11) is 0. The van der Waals surface area contributed by atoms with E-state index in [-0.39, 0.29) is 28.5 Å². The van der Waals surface area contributed by atoms with Crippen LogP contribution >= 0.6 is 23.3 Å². The first-order valence-electron chi connectivity index (χ1n) is 10.2. The number of fused-ring (bicyclic) bond motifs is 1. The summed E-state index contributed by atoms with van der Waals surface area (Å²) in [6, 6.07) is 4.54. The molecule has 1 saturated heterocycles. The lowest BCUT2D eigenvalue weighted by Gasteiger charge is -2.50. The Morgan fingerprint density at radius 2 is 2.12 bits per heavy atom. The number of aliphatic carboxylic acids is 1. The van der Waals surface area contributed by atoms with E-state index in [0.29, 0.717) is 17.9 Å². The standard InChI is InChI=1S/C20H21N7O5S2/c1-10(2)32-24-12(15-23-20(21)34-25-15)16(28)22-13-17(29)27-14(19(30)31)11(9-33-18(13)27)8-26-6-4-3-5-7-26/h3-7,10,13,18H,8-9H2,1-2H3,(H3-,21,22,23,25,28,30,31)/t13?,18-/m0/s1. The molecule has 4 rings (SSSR count).